The van der Waals surface area contributed by atoms with E-state index in [0.29, 0.717) is 18.7 Å². The number of nitrogens with two attached hydrogens (primary N) is 1. The summed E-state index contributed by atoms with van der Waals surface area (Å²) in [6, 6.07) is 26.4. The maximum atomic E-state index is 12.9. The van der Waals surface area contributed by atoms with E-state index in [1.807, 2.05) is 84.9 Å². The van der Waals surface area contributed by atoms with Gasteiger partial charge in [0, 0.05) is 17.8 Å². The van der Waals surface area contributed by atoms with E-state index in [4.69, 9.17) is 10.5 Å². The molecule has 0 aliphatic heterocycles. The van der Waals surface area contributed by atoms with Crippen LogP contribution in [0.25, 0.3) is 0 Å². The Kier molecular flexibility index (Phi) is 6.01. The van der Waals surface area contributed by atoms with Gasteiger partial charge in [0.05, 0.1) is 0 Å². The Bertz CT molecular complexity index is 818. The molecule has 26 heavy (non-hydrogen) atoms. The lowest BCUT2D eigenvalue weighted by molar-refractivity contribution is 0.0987. The molecule has 0 aliphatic carbocycles. The zero-order chi connectivity index (χ0) is 18.2. The zero-order valence-electron chi connectivity index (χ0n) is 14.5. The largest absolute Gasteiger partial charge is 0.457 e. The molecule has 0 saturated heterocycles. The highest BCUT2D eigenvalue weighted by Crippen LogP contribution is 2.25. The van der Waals surface area contributed by atoms with Crippen LogP contribution < -0.4 is 15.4 Å². The highest BCUT2D eigenvalue weighted by Gasteiger charge is 2.17. The zero-order valence-corrected chi connectivity index (χ0v) is 14.5. The lowest BCUT2D eigenvalue weighted by Gasteiger charge is -2.23. The fraction of sp³-hybridized carbons (Fsp3) is 0.136. The molecule has 3 aromatic rings. The molecule has 4 heteroatoms. The molecule has 0 spiro atoms. The predicted octanol–water partition coefficient (Wildman–Crippen LogP) is 4.47. The number of amides is 1. The van der Waals surface area contributed by atoms with Crippen molar-refractivity contribution in [1.82, 2.24) is 0 Å². The molecule has 0 aliphatic rings. The fourth-order valence-electron chi connectivity index (χ4n) is 2.65. The quantitative estimate of drug-likeness (QED) is 0.686. The van der Waals surface area contributed by atoms with Crippen LogP contribution in [0.5, 0.6) is 11.5 Å². The highest BCUT2D eigenvalue weighted by molar-refractivity contribution is 6.06. The molecule has 3 aromatic carbocycles. The van der Waals surface area contributed by atoms with Crippen molar-refractivity contribution in [3.8, 4) is 11.5 Å². The Morgan fingerprint density at radius 2 is 1.38 bits per heavy atom. The van der Waals surface area contributed by atoms with E-state index in [0.717, 1.165) is 23.6 Å². The van der Waals surface area contributed by atoms with Gasteiger partial charge in [-0.3, -0.25) is 4.79 Å². The van der Waals surface area contributed by atoms with Gasteiger partial charge in [0.15, 0.2) is 0 Å². The van der Waals surface area contributed by atoms with Gasteiger partial charge in [-0.25, -0.2) is 0 Å². The molecule has 0 aromatic heterocycles. The van der Waals surface area contributed by atoms with E-state index >= 15 is 0 Å². The highest BCUT2D eigenvalue weighted by atomic mass is 16.5. The number of rotatable bonds is 7. The van der Waals surface area contributed by atoms with Gasteiger partial charge in [-0.2, -0.15) is 0 Å². The molecule has 0 unspecified atom stereocenters. The van der Waals surface area contributed by atoms with Crippen molar-refractivity contribution in [1.29, 1.82) is 0 Å². The maximum Gasteiger partial charge on any atom is 0.258 e. The number of carbonyl (C=O) groups excluding carboxylic acids is 1. The summed E-state index contributed by atoms with van der Waals surface area (Å²) in [6.45, 7) is 1.11. The summed E-state index contributed by atoms with van der Waals surface area (Å²) in [6.07, 6.45) is 0.737. The van der Waals surface area contributed by atoms with E-state index in [1.54, 1.807) is 4.90 Å². The van der Waals surface area contributed by atoms with Gasteiger partial charge in [-0.15, -0.1) is 0 Å². The number of ether oxygens (including phenoxy) is 1. The second kappa shape index (κ2) is 8.83. The van der Waals surface area contributed by atoms with Crippen molar-refractivity contribution in [3.05, 3.63) is 90.5 Å². The van der Waals surface area contributed by atoms with Gasteiger partial charge in [0.25, 0.3) is 5.91 Å². The number of anilines is 1. The molecule has 0 bridgehead atoms. The van der Waals surface area contributed by atoms with Crippen LogP contribution in [0.3, 0.4) is 0 Å². The lowest BCUT2D eigenvalue weighted by Crippen LogP contribution is -2.32. The van der Waals surface area contributed by atoms with E-state index in [9.17, 15) is 4.79 Å². The monoisotopic (exact) mass is 346 g/mol. The molecular formula is C22H22N2O2. The van der Waals surface area contributed by atoms with E-state index < -0.39 is 0 Å². The van der Waals surface area contributed by atoms with E-state index in [-0.39, 0.29) is 5.91 Å². The molecule has 0 atom stereocenters. The SMILES string of the molecule is NCCCN(C(=O)c1ccccc1)c1ccc(Oc2ccccc2)cc1. The Morgan fingerprint density at radius 3 is 2.00 bits per heavy atom. The summed E-state index contributed by atoms with van der Waals surface area (Å²) in [7, 11) is 0. The summed E-state index contributed by atoms with van der Waals surface area (Å²) in [5.41, 5.74) is 7.13. The third-order valence-electron chi connectivity index (χ3n) is 3.98. The summed E-state index contributed by atoms with van der Waals surface area (Å²) in [5.74, 6) is 1.47. The first-order valence-electron chi connectivity index (χ1n) is 8.68. The number of hydrogen-bond acceptors (Lipinski definition) is 3. The van der Waals surface area contributed by atoms with Crippen LogP contribution in [0.2, 0.25) is 0 Å². The Labute approximate surface area is 153 Å². The number of nitrogens with zero attached hydrogens (tertiary/aromatic N) is 1. The summed E-state index contributed by atoms with van der Waals surface area (Å²) < 4.78 is 5.82. The van der Waals surface area contributed by atoms with Crippen molar-refractivity contribution in [2.24, 2.45) is 5.73 Å². The Hall–Kier alpha value is -3.11. The molecule has 132 valence electrons. The molecule has 2 N–H and O–H groups in total. The summed E-state index contributed by atoms with van der Waals surface area (Å²) in [5, 5.41) is 0. The maximum absolute atomic E-state index is 12.9. The number of carbonyl (C=O) groups is 1. The van der Waals surface area contributed by atoms with Crippen LogP contribution >= 0.6 is 0 Å². The molecule has 0 radical (unpaired) electrons. The van der Waals surface area contributed by atoms with Crippen molar-refractivity contribution in [2.45, 2.75) is 6.42 Å². The van der Waals surface area contributed by atoms with E-state index in [1.165, 1.54) is 0 Å². The summed E-state index contributed by atoms with van der Waals surface area (Å²) >= 11 is 0. The minimum atomic E-state index is -0.0317. The topological polar surface area (TPSA) is 55.6 Å². The van der Waals surface area contributed by atoms with Crippen molar-refractivity contribution >= 4 is 11.6 Å². The number of para-hydroxylation sites is 1. The first-order chi connectivity index (χ1) is 12.8. The minimum absolute atomic E-state index is 0.0317. The van der Waals surface area contributed by atoms with Crippen LogP contribution in [-0.4, -0.2) is 19.0 Å². The van der Waals surface area contributed by atoms with Crippen LogP contribution in [0, 0.1) is 0 Å². The molecule has 0 fully saturated rings. The lowest BCUT2D eigenvalue weighted by atomic mass is 10.1. The second-order valence-corrected chi connectivity index (χ2v) is 5.87. The molecule has 0 saturated carbocycles. The molecular weight excluding hydrogens is 324 g/mol. The first kappa shape index (κ1) is 17.7. The van der Waals surface area contributed by atoms with Crippen molar-refractivity contribution < 1.29 is 9.53 Å². The van der Waals surface area contributed by atoms with Gasteiger partial charge in [0.2, 0.25) is 0 Å². The van der Waals surface area contributed by atoms with Crippen LogP contribution in [0.15, 0.2) is 84.9 Å². The minimum Gasteiger partial charge on any atom is -0.457 e. The smallest absolute Gasteiger partial charge is 0.258 e. The molecule has 1 amide bonds. The fourth-order valence-corrected chi connectivity index (χ4v) is 2.65. The van der Waals surface area contributed by atoms with Gasteiger partial charge >= 0.3 is 0 Å². The van der Waals surface area contributed by atoms with Gasteiger partial charge in [-0.05, 0) is 61.5 Å². The average Bonchev–Trinajstić information content (AvgIpc) is 2.71. The van der Waals surface area contributed by atoms with Gasteiger partial charge in [0.1, 0.15) is 11.5 Å². The van der Waals surface area contributed by atoms with Crippen LogP contribution in [-0.2, 0) is 0 Å². The molecule has 0 heterocycles. The van der Waals surface area contributed by atoms with Crippen molar-refractivity contribution in [3.63, 3.8) is 0 Å². The van der Waals surface area contributed by atoms with Crippen LogP contribution in [0.1, 0.15) is 16.8 Å². The first-order valence-corrected chi connectivity index (χ1v) is 8.68. The van der Waals surface area contributed by atoms with E-state index in [2.05, 4.69) is 0 Å². The number of benzene rings is 3. The summed E-state index contributed by atoms with van der Waals surface area (Å²) in [4.78, 5) is 14.6. The standard InChI is InChI=1S/C22H22N2O2/c23-16-7-17-24(22(25)18-8-3-1-4-9-18)19-12-14-21(15-13-19)26-20-10-5-2-6-11-20/h1-6,8-15H,7,16-17,23H2. The molecule has 4 nitrogen and oxygen atoms in total. The van der Waals surface area contributed by atoms with Gasteiger partial charge in [-0.1, -0.05) is 36.4 Å². The normalized spacial score (nSPS) is 10.3. The molecule has 3 rings (SSSR count). The Morgan fingerprint density at radius 1 is 0.808 bits per heavy atom. The Balaban J connectivity index is 1.79. The van der Waals surface area contributed by atoms with Gasteiger partial charge < -0.3 is 15.4 Å². The average molecular weight is 346 g/mol. The third kappa shape index (κ3) is 4.49. The second-order valence-electron chi connectivity index (χ2n) is 5.87. The number of hydrogen-bond donors (Lipinski definition) is 1. The third-order valence-corrected chi connectivity index (χ3v) is 3.98. The van der Waals surface area contributed by atoms with Crippen molar-refractivity contribution in [2.75, 3.05) is 18.0 Å². The van der Waals surface area contributed by atoms with Crippen LogP contribution in [0.4, 0.5) is 5.69 Å². The predicted molar refractivity (Wildman–Crippen MR) is 105 cm³/mol.